The summed E-state index contributed by atoms with van der Waals surface area (Å²) in [6.07, 6.45) is 0. The van der Waals surface area contributed by atoms with Gasteiger partial charge in [-0.25, -0.2) is 8.42 Å². The molecule has 0 fully saturated rings. The van der Waals surface area contributed by atoms with Gasteiger partial charge in [0.25, 0.3) is 5.69 Å². The van der Waals surface area contributed by atoms with Gasteiger partial charge >= 0.3 is 29.6 Å². The van der Waals surface area contributed by atoms with Gasteiger partial charge in [0.05, 0.1) is 15.4 Å². The average molecular weight is 268 g/mol. The maximum atomic E-state index is 10.8. The number of carbonyl (C=O) groups excluding carboxylic acids is 1. The molecule has 0 saturated carbocycles. The van der Waals surface area contributed by atoms with Crippen LogP contribution in [0.2, 0.25) is 0 Å². The molecule has 0 radical (unpaired) electrons. The maximum absolute atomic E-state index is 10.8. The Kier molecular flexibility index (Phi) is 5.23. The van der Waals surface area contributed by atoms with E-state index >= 15 is 0 Å². The summed E-state index contributed by atoms with van der Waals surface area (Å²) in [5.74, 6) is -1.15. The number of nitro benzene ring substituents is 1. The zero-order valence-corrected chi connectivity index (χ0v) is 11.4. The summed E-state index contributed by atoms with van der Waals surface area (Å²) < 4.78 is 32.2. The van der Waals surface area contributed by atoms with Crippen LogP contribution in [0.1, 0.15) is 10.4 Å². The van der Waals surface area contributed by atoms with E-state index < -0.39 is 37.1 Å². The molecular weight excluding hydrogens is 263 g/mol. The quantitative estimate of drug-likeness (QED) is 0.262. The van der Waals surface area contributed by atoms with Gasteiger partial charge < -0.3 is 10.3 Å². The van der Waals surface area contributed by atoms with Crippen molar-refractivity contribution in [3.05, 3.63) is 33.9 Å². The summed E-state index contributed by atoms with van der Waals surface area (Å²) in [5, 5.41) is 10.4. The summed E-state index contributed by atoms with van der Waals surface area (Å²) in [7, 11) is -4.99. The number of hydrogen-bond acceptors (Lipinski definition) is 6. The normalized spacial score (nSPS) is 10.4. The van der Waals surface area contributed by atoms with E-state index in [9.17, 15) is 27.9 Å². The van der Waals surface area contributed by atoms with Gasteiger partial charge in [-0.2, -0.15) is 0 Å². The Hall–Kier alpha value is -1.000. The second-order valence-corrected chi connectivity index (χ2v) is 4.10. The predicted octanol–water partition coefficient (Wildman–Crippen LogP) is -3.40. The van der Waals surface area contributed by atoms with Crippen molar-refractivity contribution in [2.45, 2.75) is 4.90 Å². The van der Waals surface area contributed by atoms with E-state index in [1.807, 2.05) is 0 Å². The minimum Gasteiger partial charge on any atom is -0.744 e. The van der Waals surface area contributed by atoms with E-state index in [1.54, 1.807) is 0 Å². The third-order valence-electron chi connectivity index (χ3n) is 1.71. The van der Waals surface area contributed by atoms with Crippen LogP contribution in [0.5, 0.6) is 0 Å². The van der Waals surface area contributed by atoms with Crippen molar-refractivity contribution in [2.75, 3.05) is 0 Å². The van der Waals surface area contributed by atoms with Gasteiger partial charge in [-0.1, -0.05) is 0 Å². The minimum absolute atomic E-state index is 0. The van der Waals surface area contributed by atoms with E-state index in [0.29, 0.717) is 6.07 Å². The molecule has 1 rings (SSSR count). The van der Waals surface area contributed by atoms with Crippen molar-refractivity contribution in [3.8, 4) is 0 Å². The van der Waals surface area contributed by atoms with Gasteiger partial charge in [-0.05, 0) is 6.07 Å². The zero-order valence-electron chi connectivity index (χ0n) is 8.61. The molecule has 0 bridgehead atoms. The van der Waals surface area contributed by atoms with Gasteiger partial charge in [0, 0.05) is 12.1 Å². The first-order valence-corrected chi connectivity index (χ1v) is 5.18. The fourth-order valence-corrected chi connectivity index (χ4v) is 1.74. The SMILES string of the molecule is NC(=O)c1ccc([N+](=O)[O-])cc1S(=O)(=O)[O-].[Na+]. The van der Waals surface area contributed by atoms with Crippen LogP contribution in [0.4, 0.5) is 5.69 Å². The Bertz CT molecular complexity index is 570. The van der Waals surface area contributed by atoms with Crippen molar-refractivity contribution >= 4 is 21.7 Å². The van der Waals surface area contributed by atoms with E-state index in [0.717, 1.165) is 12.1 Å². The summed E-state index contributed by atoms with van der Waals surface area (Å²) in [4.78, 5) is 19.3. The molecule has 8 nitrogen and oxygen atoms in total. The summed E-state index contributed by atoms with van der Waals surface area (Å²) in [5.41, 5.74) is 3.64. The molecule has 1 aromatic carbocycles. The number of primary amides is 1. The van der Waals surface area contributed by atoms with E-state index in [-0.39, 0.29) is 29.6 Å². The number of nitrogens with two attached hydrogens (primary N) is 1. The maximum Gasteiger partial charge on any atom is 1.00 e. The molecule has 1 aromatic rings. The summed E-state index contributed by atoms with van der Waals surface area (Å²) >= 11 is 0. The molecule has 0 aliphatic heterocycles. The van der Waals surface area contributed by atoms with Crippen molar-refractivity contribution in [1.82, 2.24) is 0 Å². The molecule has 1 amide bonds. The van der Waals surface area contributed by atoms with Crippen LogP contribution in [0.3, 0.4) is 0 Å². The van der Waals surface area contributed by atoms with E-state index in [1.165, 1.54) is 0 Å². The average Bonchev–Trinajstić information content (AvgIpc) is 2.15. The summed E-state index contributed by atoms with van der Waals surface area (Å²) in [6.45, 7) is 0. The Labute approximate surface area is 118 Å². The van der Waals surface area contributed by atoms with Crippen LogP contribution in [0.15, 0.2) is 23.1 Å². The predicted molar refractivity (Wildman–Crippen MR) is 49.6 cm³/mol. The molecule has 2 N–H and O–H groups in total. The molecule has 17 heavy (non-hydrogen) atoms. The van der Waals surface area contributed by atoms with Gasteiger partial charge in [0.1, 0.15) is 10.1 Å². The fraction of sp³-hybridized carbons (Fsp3) is 0. The smallest absolute Gasteiger partial charge is 0.744 e. The van der Waals surface area contributed by atoms with E-state index in [4.69, 9.17) is 5.73 Å². The topological polar surface area (TPSA) is 143 Å². The van der Waals surface area contributed by atoms with Gasteiger partial charge in [-0.3, -0.25) is 14.9 Å². The Morgan fingerprint density at radius 2 is 1.88 bits per heavy atom. The number of amides is 1. The molecule has 0 heterocycles. The molecule has 0 unspecified atom stereocenters. The molecule has 86 valence electrons. The number of non-ortho nitro benzene ring substituents is 1. The number of hydrogen-bond donors (Lipinski definition) is 1. The standard InChI is InChI=1S/C7H6N2O6S.Na/c8-7(10)5-2-1-4(9(11)12)3-6(5)16(13,14)15;/h1-3H,(H2,8,10)(H,13,14,15);/q;+1/p-1. The van der Waals surface area contributed by atoms with Gasteiger partial charge in [0.2, 0.25) is 5.91 Å². The molecule has 0 atom stereocenters. The second kappa shape index (κ2) is 5.56. The third-order valence-corrected chi connectivity index (χ3v) is 2.59. The van der Waals surface area contributed by atoms with Crippen LogP contribution in [0, 0.1) is 10.1 Å². The summed E-state index contributed by atoms with van der Waals surface area (Å²) in [6, 6.07) is 2.21. The zero-order chi connectivity index (χ0) is 12.5. The molecule has 0 aliphatic rings. The molecule has 10 heteroatoms. The molecule has 0 saturated heterocycles. The number of benzene rings is 1. The largest absolute Gasteiger partial charge is 1.00 e. The van der Waals surface area contributed by atoms with Gasteiger partial charge in [0.15, 0.2) is 0 Å². The first kappa shape index (κ1) is 16.0. The molecular formula is C7H5N2NaO6S. The Balaban J connectivity index is 0.00000256. The van der Waals surface area contributed by atoms with Crippen LogP contribution >= 0.6 is 0 Å². The van der Waals surface area contributed by atoms with Crippen LogP contribution in [-0.4, -0.2) is 23.8 Å². The Morgan fingerprint density at radius 3 is 2.24 bits per heavy atom. The molecule has 0 spiro atoms. The van der Waals surface area contributed by atoms with E-state index in [2.05, 4.69) is 0 Å². The second-order valence-electron chi connectivity index (χ2n) is 2.76. The number of nitro groups is 1. The third kappa shape index (κ3) is 3.75. The van der Waals surface area contributed by atoms with Crippen molar-refractivity contribution in [1.29, 1.82) is 0 Å². The minimum atomic E-state index is -4.99. The Morgan fingerprint density at radius 1 is 1.35 bits per heavy atom. The van der Waals surface area contributed by atoms with Crippen LogP contribution in [-0.2, 0) is 10.1 Å². The van der Waals surface area contributed by atoms with Crippen molar-refractivity contribution < 1.29 is 52.2 Å². The number of rotatable bonds is 3. The van der Waals surface area contributed by atoms with Crippen molar-refractivity contribution in [2.24, 2.45) is 5.73 Å². The molecule has 0 aromatic heterocycles. The van der Waals surface area contributed by atoms with Gasteiger partial charge in [-0.15, -0.1) is 0 Å². The first-order chi connectivity index (χ1) is 7.23. The fourth-order valence-electron chi connectivity index (χ4n) is 1.03. The number of carbonyl (C=O) groups is 1. The first-order valence-electron chi connectivity index (χ1n) is 3.77. The number of nitrogens with zero attached hydrogens (tertiary/aromatic N) is 1. The monoisotopic (exact) mass is 268 g/mol. The molecule has 0 aliphatic carbocycles. The van der Waals surface area contributed by atoms with Crippen LogP contribution < -0.4 is 35.3 Å². The van der Waals surface area contributed by atoms with Crippen molar-refractivity contribution in [3.63, 3.8) is 0 Å². The van der Waals surface area contributed by atoms with Crippen LogP contribution in [0.25, 0.3) is 0 Å².